The maximum absolute atomic E-state index is 11.6. The molecule has 8 heteroatoms. The lowest BCUT2D eigenvalue weighted by Gasteiger charge is -2.22. The van der Waals surface area contributed by atoms with Gasteiger partial charge in [0.25, 0.3) is 0 Å². The molecule has 0 aliphatic carbocycles. The van der Waals surface area contributed by atoms with E-state index >= 15 is 0 Å². The number of hydrogen-bond acceptors (Lipinski definition) is 6. The van der Waals surface area contributed by atoms with Gasteiger partial charge in [-0.25, -0.2) is 4.79 Å². The molecule has 0 saturated heterocycles. The fourth-order valence-corrected chi connectivity index (χ4v) is 1.14. The first-order chi connectivity index (χ1) is 9.19. The van der Waals surface area contributed by atoms with Crippen LogP contribution in [0.4, 0.5) is 4.79 Å². The number of hydrogen-bond donors (Lipinski definition) is 3. The number of carbonyl (C=O) groups excluding carboxylic acids is 3. The molecule has 0 rings (SSSR count). The summed E-state index contributed by atoms with van der Waals surface area (Å²) in [6, 6.07) is -1.20. The lowest BCUT2D eigenvalue weighted by molar-refractivity contribution is -0.143. The van der Waals surface area contributed by atoms with E-state index in [1.807, 2.05) is 0 Å². The van der Waals surface area contributed by atoms with Crippen molar-refractivity contribution in [2.75, 3.05) is 19.8 Å². The minimum atomic E-state index is -1.20. The number of amides is 2. The highest BCUT2D eigenvalue weighted by Gasteiger charge is 2.24. The molecule has 0 aromatic rings. The number of alkyl carbamates (subject to hydrolysis) is 1. The minimum Gasteiger partial charge on any atom is -0.465 e. The van der Waals surface area contributed by atoms with Gasteiger partial charge < -0.3 is 25.2 Å². The van der Waals surface area contributed by atoms with Crippen molar-refractivity contribution in [1.82, 2.24) is 10.6 Å². The van der Waals surface area contributed by atoms with Crippen LogP contribution in [0.5, 0.6) is 0 Å². The molecule has 1 atom stereocenters. The third-order valence-electron chi connectivity index (χ3n) is 1.90. The number of aliphatic hydroxyl groups excluding tert-OH is 1. The molecule has 0 aromatic heterocycles. The third-order valence-corrected chi connectivity index (χ3v) is 1.90. The Hall–Kier alpha value is -1.83. The number of ether oxygens (including phenoxy) is 2. The number of rotatable bonds is 6. The van der Waals surface area contributed by atoms with Gasteiger partial charge in [-0.1, -0.05) is 0 Å². The quantitative estimate of drug-likeness (QED) is 0.571. The topological polar surface area (TPSA) is 114 Å². The van der Waals surface area contributed by atoms with Gasteiger partial charge in [0.1, 0.15) is 18.2 Å². The molecule has 0 fully saturated rings. The van der Waals surface area contributed by atoms with Gasteiger partial charge in [0.05, 0.1) is 13.2 Å². The van der Waals surface area contributed by atoms with Crippen LogP contribution in [0, 0.1) is 0 Å². The standard InChI is InChI=1S/C12H22N2O6/c1-5-19-9(16)6-13-10(17)8(7-15)14-11(18)20-12(2,3)4/h8,15H,5-7H2,1-4H3,(H,13,17)(H,14,18)/t8-/m0/s1. The molecular weight excluding hydrogens is 268 g/mol. The second kappa shape index (κ2) is 8.36. The summed E-state index contributed by atoms with van der Waals surface area (Å²) in [5.41, 5.74) is -0.717. The van der Waals surface area contributed by atoms with Crippen LogP contribution in [0.2, 0.25) is 0 Å². The minimum absolute atomic E-state index is 0.203. The van der Waals surface area contributed by atoms with Gasteiger partial charge in [-0.05, 0) is 27.7 Å². The normalized spacial score (nSPS) is 12.2. The van der Waals surface area contributed by atoms with Crippen LogP contribution in [0.25, 0.3) is 0 Å². The summed E-state index contributed by atoms with van der Waals surface area (Å²) < 4.78 is 9.58. The zero-order valence-electron chi connectivity index (χ0n) is 12.2. The molecule has 3 N–H and O–H groups in total. The molecule has 2 amide bonds. The van der Waals surface area contributed by atoms with Crippen molar-refractivity contribution in [1.29, 1.82) is 0 Å². The monoisotopic (exact) mass is 290 g/mol. The van der Waals surface area contributed by atoms with Crippen LogP contribution >= 0.6 is 0 Å². The van der Waals surface area contributed by atoms with Crippen molar-refractivity contribution in [3.8, 4) is 0 Å². The molecule has 20 heavy (non-hydrogen) atoms. The van der Waals surface area contributed by atoms with E-state index in [9.17, 15) is 14.4 Å². The smallest absolute Gasteiger partial charge is 0.408 e. The van der Waals surface area contributed by atoms with Crippen LogP contribution in [0.15, 0.2) is 0 Å². The zero-order valence-corrected chi connectivity index (χ0v) is 12.2. The van der Waals surface area contributed by atoms with Gasteiger partial charge in [0.15, 0.2) is 0 Å². The Labute approximate surface area is 117 Å². The molecule has 0 unspecified atom stereocenters. The fraction of sp³-hybridized carbons (Fsp3) is 0.750. The Bertz CT molecular complexity index is 350. The summed E-state index contributed by atoms with van der Waals surface area (Å²) in [7, 11) is 0. The molecule has 0 spiro atoms. The maximum atomic E-state index is 11.6. The summed E-state index contributed by atoms with van der Waals surface area (Å²) in [4.78, 5) is 34.1. The van der Waals surface area contributed by atoms with Crippen molar-refractivity contribution >= 4 is 18.0 Å². The maximum Gasteiger partial charge on any atom is 0.408 e. The Morgan fingerprint density at radius 3 is 2.30 bits per heavy atom. The summed E-state index contributed by atoms with van der Waals surface area (Å²) >= 11 is 0. The van der Waals surface area contributed by atoms with Crippen molar-refractivity contribution < 1.29 is 29.0 Å². The van der Waals surface area contributed by atoms with E-state index in [2.05, 4.69) is 15.4 Å². The molecule has 116 valence electrons. The van der Waals surface area contributed by atoms with E-state index in [1.54, 1.807) is 27.7 Å². The van der Waals surface area contributed by atoms with Gasteiger partial charge in [0.2, 0.25) is 5.91 Å². The van der Waals surface area contributed by atoms with Crippen LogP contribution in [-0.4, -0.2) is 54.5 Å². The first-order valence-electron chi connectivity index (χ1n) is 6.23. The van der Waals surface area contributed by atoms with Crippen molar-refractivity contribution in [3.05, 3.63) is 0 Å². The number of carbonyl (C=O) groups is 3. The Kier molecular flexibility index (Phi) is 7.60. The summed E-state index contributed by atoms with van der Waals surface area (Å²) in [5, 5.41) is 13.5. The van der Waals surface area contributed by atoms with Gasteiger partial charge in [-0.15, -0.1) is 0 Å². The van der Waals surface area contributed by atoms with Crippen LogP contribution in [-0.2, 0) is 19.1 Å². The summed E-state index contributed by atoms with van der Waals surface area (Å²) in [6.45, 7) is 5.89. The number of nitrogens with one attached hydrogen (secondary N) is 2. The van der Waals surface area contributed by atoms with Gasteiger partial charge in [-0.3, -0.25) is 9.59 Å². The first kappa shape index (κ1) is 18.2. The van der Waals surface area contributed by atoms with E-state index in [0.717, 1.165) is 0 Å². The molecule has 0 heterocycles. The van der Waals surface area contributed by atoms with Gasteiger partial charge in [0, 0.05) is 0 Å². The Morgan fingerprint density at radius 2 is 1.85 bits per heavy atom. The van der Waals surface area contributed by atoms with E-state index in [4.69, 9.17) is 9.84 Å². The van der Waals surface area contributed by atoms with E-state index in [1.165, 1.54) is 0 Å². The molecule has 0 aromatic carbocycles. The van der Waals surface area contributed by atoms with E-state index in [0.29, 0.717) is 0 Å². The number of aliphatic hydroxyl groups is 1. The lowest BCUT2D eigenvalue weighted by Crippen LogP contribution is -2.51. The highest BCUT2D eigenvalue weighted by molar-refractivity contribution is 5.88. The molecule has 8 nitrogen and oxygen atoms in total. The van der Waals surface area contributed by atoms with E-state index in [-0.39, 0.29) is 13.2 Å². The fourth-order valence-electron chi connectivity index (χ4n) is 1.14. The van der Waals surface area contributed by atoms with Gasteiger partial charge in [-0.2, -0.15) is 0 Å². The van der Waals surface area contributed by atoms with Crippen LogP contribution in [0.1, 0.15) is 27.7 Å². The van der Waals surface area contributed by atoms with Crippen LogP contribution < -0.4 is 10.6 Å². The molecule has 0 radical (unpaired) electrons. The molecule has 0 saturated carbocycles. The molecule has 0 bridgehead atoms. The molecule has 0 aliphatic heterocycles. The first-order valence-corrected chi connectivity index (χ1v) is 6.23. The summed E-state index contributed by atoms with van der Waals surface area (Å²) in [5.74, 6) is -1.30. The summed E-state index contributed by atoms with van der Waals surface area (Å²) in [6.07, 6.45) is -0.831. The highest BCUT2D eigenvalue weighted by Crippen LogP contribution is 2.06. The predicted octanol–water partition coefficient (Wildman–Crippen LogP) is -0.449. The highest BCUT2D eigenvalue weighted by atomic mass is 16.6. The van der Waals surface area contributed by atoms with Crippen molar-refractivity contribution in [2.45, 2.75) is 39.3 Å². The lowest BCUT2D eigenvalue weighted by atomic mass is 10.2. The molecule has 0 aliphatic rings. The zero-order chi connectivity index (χ0) is 15.8. The predicted molar refractivity (Wildman–Crippen MR) is 69.9 cm³/mol. The van der Waals surface area contributed by atoms with E-state index < -0.39 is 36.2 Å². The Balaban J connectivity index is 4.28. The second-order valence-electron chi connectivity index (χ2n) is 4.90. The molecular formula is C12H22N2O6. The third kappa shape index (κ3) is 8.30. The van der Waals surface area contributed by atoms with Crippen molar-refractivity contribution in [2.24, 2.45) is 0 Å². The average molecular weight is 290 g/mol. The Morgan fingerprint density at radius 1 is 1.25 bits per heavy atom. The van der Waals surface area contributed by atoms with Crippen molar-refractivity contribution in [3.63, 3.8) is 0 Å². The largest absolute Gasteiger partial charge is 0.465 e. The number of esters is 1. The average Bonchev–Trinajstić information content (AvgIpc) is 2.31. The van der Waals surface area contributed by atoms with Gasteiger partial charge >= 0.3 is 12.1 Å². The second-order valence-corrected chi connectivity index (χ2v) is 4.90. The SMILES string of the molecule is CCOC(=O)CNC(=O)[C@H](CO)NC(=O)OC(C)(C)C. The van der Waals surface area contributed by atoms with Crippen LogP contribution in [0.3, 0.4) is 0 Å².